The van der Waals surface area contributed by atoms with E-state index in [9.17, 15) is 13.2 Å². The normalized spacial score (nSPS) is 14.3. The maximum Gasteiger partial charge on any atom is 0.261 e. The Kier molecular flexibility index (Phi) is 4.17. The third kappa shape index (κ3) is 3.06. The van der Waals surface area contributed by atoms with Gasteiger partial charge in [0.25, 0.3) is 5.91 Å². The average Bonchev–Trinajstić information content (AvgIpc) is 3.04. The van der Waals surface area contributed by atoms with E-state index in [-0.39, 0.29) is 11.7 Å². The molecule has 0 fully saturated rings. The molecule has 1 aromatic heterocycles. The quantitative estimate of drug-likeness (QED) is 0.745. The topological polar surface area (TPSA) is 63.2 Å². The molecule has 0 spiro atoms. The lowest BCUT2D eigenvalue weighted by Crippen LogP contribution is -2.21. The molecule has 1 amide bonds. The van der Waals surface area contributed by atoms with E-state index in [2.05, 4.69) is 5.32 Å². The molecule has 0 unspecified atom stereocenters. The van der Waals surface area contributed by atoms with Crippen molar-refractivity contribution in [3.63, 3.8) is 0 Å². The van der Waals surface area contributed by atoms with Gasteiger partial charge < -0.3 is 5.32 Å². The molecule has 1 aliphatic rings. The fourth-order valence-electron chi connectivity index (χ4n) is 3.10. The summed E-state index contributed by atoms with van der Waals surface area (Å²) >= 11 is 1.35. The number of thiophene rings is 1. The molecule has 26 heavy (non-hydrogen) atoms. The van der Waals surface area contributed by atoms with Gasteiger partial charge in [-0.2, -0.15) is 0 Å². The predicted octanol–water partition coefficient (Wildman–Crippen LogP) is 3.94. The Morgan fingerprint density at radius 2 is 1.88 bits per heavy atom. The van der Waals surface area contributed by atoms with Gasteiger partial charge in [0.15, 0.2) is 9.84 Å². The van der Waals surface area contributed by atoms with Crippen LogP contribution in [-0.4, -0.2) is 14.3 Å². The lowest BCUT2D eigenvalue weighted by atomic mass is 10.1. The van der Waals surface area contributed by atoms with Crippen molar-refractivity contribution in [1.29, 1.82) is 0 Å². The van der Waals surface area contributed by atoms with Gasteiger partial charge in [-0.15, -0.1) is 11.3 Å². The van der Waals surface area contributed by atoms with Crippen LogP contribution in [0.3, 0.4) is 0 Å². The lowest BCUT2D eigenvalue weighted by Gasteiger charge is -2.17. The van der Waals surface area contributed by atoms with E-state index in [4.69, 9.17) is 0 Å². The second-order valence-electron chi connectivity index (χ2n) is 6.39. The number of carbonyl (C=O) groups excluding carboxylic acids is 1. The molecule has 0 saturated heterocycles. The molecule has 2 aromatic carbocycles. The summed E-state index contributed by atoms with van der Waals surface area (Å²) in [6, 6.07) is 16.8. The van der Waals surface area contributed by atoms with E-state index >= 15 is 0 Å². The van der Waals surface area contributed by atoms with Gasteiger partial charge in [-0.05, 0) is 35.7 Å². The Balaban J connectivity index is 1.65. The van der Waals surface area contributed by atoms with Gasteiger partial charge in [0.05, 0.1) is 15.5 Å². The van der Waals surface area contributed by atoms with Crippen LogP contribution < -0.4 is 5.32 Å². The van der Waals surface area contributed by atoms with Crippen LogP contribution in [0.2, 0.25) is 0 Å². The van der Waals surface area contributed by atoms with Crippen LogP contribution in [0.25, 0.3) is 10.4 Å². The molecule has 4 nitrogen and oxygen atoms in total. The Morgan fingerprint density at radius 1 is 1.12 bits per heavy atom. The molecule has 0 atom stereocenters. The highest BCUT2D eigenvalue weighted by Crippen LogP contribution is 2.43. The highest BCUT2D eigenvalue weighted by atomic mass is 32.2. The number of fused-ring (bicyclic) bond motifs is 3. The van der Waals surface area contributed by atoms with Gasteiger partial charge in [-0.3, -0.25) is 4.79 Å². The molecule has 1 N–H and O–H groups in total. The molecule has 3 aromatic rings. The number of nitrogens with one attached hydrogen (secondary N) is 1. The van der Waals surface area contributed by atoms with Crippen molar-refractivity contribution in [1.82, 2.24) is 5.32 Å². The van der Waals surface area contributed by atoms with E-state index in [0.29, 0.717) is 27.4 Å². The standard InChI is InChI=1S/C20H17NO3S2/c1-13-7-8-16-18(9-13)26(23,24)12-15-10-17(25-19(15)16)20(22)21-11-14-5-3-2-4-6-14/h2-10H,11-12H2,1H3,(H,21,22). The molecule has 0 saturated carbocycles. The molecule has 1 aliphatic heterocycles. The highest BCUT2D eigenvalue weighted by Gasteiger charge is 2.30. The van der Waals surface area contributed by atoms with Crippen LogP contribution in [0, 0.1) is 6.92 Å². The number of aryl methyl sites for hydroxylation is 1. The monoisotopic (exact) mass is 383 g/mol. The second kappa shape index (κ2) is 6.37. The molecule has 0 radical (unpaired) electrons. The minimum Gasteiger partial charge on any atom is -0.347 e. The van der Waals surface area contributed by atoms with Crippen molar-refractivity contribution >= 4 is 27.1 Å². The van der Waals surface area contributed by atoms with Crippen LogP contribution in [-0.2, 0) is 22.1 Å². The maximum atomic E-state index is 12.6. The van der Waals surface area contributed by atoms with Crippen molar-refractivity contribution in [2.45, 2.75) is 24.1 Å². The molecular formula is C20H17NO3S2. The summed E-state index contributed by atoms with van der Waals surface area (Å²) in [6.07, 6.45) is 0. The first-order valence-electron chi connectivity index (χ1n) is 8.23. The molecule has 4 rings (SSSR count). The zero-order chi connectivity index (χ0) is 18.3. The summed E-state index contributed by atoms with van der Waals surface area (Å²) in [7, 11) is -3.37. The Hall–Kier alpha value is -2.44. The van der Waals surface area contributed by atoms with Crippen LogP contribution in [0.5, 0.6) is 0 Å². The molecule has 0 aliphatic carbocycles. The van der Waals surface area contributed by atoms with Gasteiger partial charge in [0, 0.05) is 17.0 Å². The third-order valence-corrected chi connectivity index (χ3v) is 7.30. The Morgan fingerprint density at radius 3 is 2.65 bits per heavy atom. The van der Waals surface area contributed by atoms with Crippen molar-refractivity contribution in [3.05, 3.63) is 76.2 Å². The number of amides is 1. The van der Waals surface area contributed by atoms with E-state index in [1.165, 1.54) is 11.3 Å². The number of rotatable bonds is 3. The number of sulfone groups is 1. The molecule has 132 valence electrons. The minimum absolute atomic E-state index is 0.0543. The predicted molar refractivity (Wildman–Crippen MR) is 103 cm³/mol. The van der Waals surface area contributed by atoms with Gasteiger partial charge in [-0.25, -0.2) is 8.42 Å². The van der Waals surface area contributed by atoms with Crippen molar-refractivity contribution in [2.75, 3.05) is 0 Å². The van der Waals surface area contributed by atoms with Crippen molar-refractivity contribution < 1.29 is 13.2 Å². The van der Waals surface area contributed by atoms with Gasteiger partial charge >= 0.3 is 0 Å². The first-order chi connectivity index (χ1) is 12.4. The molecule has 0 bridgehead atoms. The number of carbonyl (C=O) groups is 1. The molecular weight excluding hydrogens is 366 g/mol. The van der Waals surface area contributed by atoms with E-state index in [1.807, 2.05) is 49.4 Å². The maximum absolute atomic E-state index is 12.6. The fraction of sp³-hybridized carbons (Fsp3) is 0.150. The van der Waals surface area contributed by atoms with E-state index in [1.54, 1.807) is 12.1 Å². The first-order valence-corrected chi connectivity index (χ1v) is 10.7. The van der Waals surface area contributed by atoms with Gasteiger partial charge in [-0.1, -0.05) is 42.5 Å². The summed E-state index contributed by atoms with van der Waals surface area (Å²) in [6.45, 7) is 2.32. The Labute approximate surface area is 156 Å². The Bertz CT molecular complexity index is 1100. The van der Waals surface area contributed by atoms with Crippen LogP contribution >= 0.6 is 11.3 Å². The smallest absolute Gasteiger partial charge is 0.261 e. The zero-order valence-corrected chi connectivity index (χ0v) is 15.8. The summed E-state index contributed by atoms with van der Waals surface area (Å²) in [5.41, 5.74) is 3.33. The average molecular weight is 383 g/mol. The van der Waals surface area contributed by atoms with Crippen LogP contribution in [0.1, 0.15) is 26.4 Å². The van der Waals surface area contributed by atoms with Crippen molar-refractivity contribution in [3.8, 4) is 10.4 Å². The number of hydrogen-bond acceptors (Lipinski definition) is 4. The fourth-order valence-corrected chi connectivity index (χ4v) is 6.05. The number of hydrogen-bond donors (Lipinski definition) is 1. The number of benzene rings is 2. The highest BCUT2D eigenvalue weighted by molar-refractivity contribution is 7.91. The van der Waals surface area contributed by atoms with Gasteiger partial charge in [0.1, 0.15) is 0 Å². The third-order valence-electron chi connectivity index (χ3n) is 4.39. The van der Waals surface area contributed by atoms with Crippen LogP contribution in [0.4, 0.5) is 0 Å². The first kappa shape index (κ1) is 17.0. The summed E-state index contributed by atoms with van der Waals surface area (Å²) in [4.78, 5) is 14.3. The summed E-state index contributed by atoms with van der Waals surface area (Å²) in [5, 5.41) is 2.90. The zero-order valence-electron chi connectivity index (χ0n) is 14.2. The second-order valence-corrected chi connectivity index (χ2v) is 9.40. The SMILES string of the molecule is Cc1ccc2c(c1)S(=O)(=O)Cc1cc(C(=O)NCc3ccccc3)sc1-2. The van der Waals surface area contributed by atoms with Crippen LogP contribution in [0.15, 0.2) is 59.5 Å². The van der Waals surface area contributed by atoms with E-state index < -0.39 is 9.84 Å². The molecule has 6 heteroatoms. The summed E-state index contributed by atoms with van der Waals surface area (Å²) < 4.78 is 25.2. The minimum atomic E-state index is -3.37. The lowest BCUT2D eigenvalue weighted by molar-refractivity contribution is 0.0955. The van der Waals surface area contributed by atoms with Gasteiger partial charge in [0.2, 0.25) is 0 Å². The van der Waals surface area contributed by atoms with E-state index in [0.717, 1.165) is 16.0 Å². The molecule has 2 heterocycles. The summed E-state index contributed by atoms with van der Waals surface area (Å²) in [5.74, 6) is -0.236. The largest absolute Gasteiger partial charge is 0.347 e. The van der Waals surface area contributed by atoms with Crippen molar-refractivity contribution in [2.24, 2.45) is 0 Å².